The number of hydrogen-bond acceptors (Lipinski definition) is 2. The van der Waals surface area contributed by atoms with Crippen molar-refractivity contribution >= 4 is 33.3 Å². The number of nitrogens with zero attached hydrogens (tertiary/aromatic N) is 2. The molecule has 4 aromatic carbocycles. The Hall–Kier alpha value is -3.37. The number of piperazine rings is 1. The molecule has 2 amide bonds. The van der Waals surface area contributed by atoms with E-state index in [4.69, 9.17) is 0 Å². The lowest BCUT2D eigenvalue weighted by Gasteiger charge is -2.41. The van der Waals surface area contributed by atoms with Crippen molar-refractivity contribution in [1.29, 1.82) is 0 Å². The molecular formula is C32H35N3O. The summed E-state index contributed by atoms with van der Waals surface area (Å²) in [6, 6.07) is 26.5. The molecule has 4 aromatic rings. The fourth-order valence-electron chi connectivity index (χ4n) is 6.29. The van der Waals surface area contributed by atoms with Crippen LogP contribution in [0.25, 0.3) is 21.5 Å². The van der Waals surface area contributed by atoms with Crippen molar-refractivity contribution in [2.75, 3.05) is 38.5 Å². The van der Waals surface area contributed by atoms with Crippen molar-refractivity contribution in [3.05, 3.63) is 89.5 Å². The highest BCUT2D eigenvalue weighted by Gasteiger charge is 2.37. The molecule has 6 rings (SSSR count). The highest BCUT2D eigenvalue weighted by atomic mass is 16.2. The van der Waals surface area contributed by atoms with Crippen LogP contribution in [-0.4, -0.2) is 49.1 Å². The highest BCUT2D eigenvalue weighted by Crippen LogP contribution is 2.48. The van der Waals surface area contributed by atoms with Crippen LogP contribution >= 0.6 is 0 Å². The third-order valence-electron chi connectivity index (χ3n) is 8.47. The predicted molar refractivity (Wildman–Crippen MR) is 150 cm³/mol. The Kier molecular flexibility index (Phi) is 5.72. The summed E-state index contributed by atoms with van der Waals surface area (Å²) in [5, 5.41) is 8.55. The zero-order valence-electron chi connectivity index (χ0n) is 21.6. The van der Waals surface area contributed by atoms with Crippen molar-refractivity contribution in [3.63, 3.8) is 0 Å². The summed E-state index contributed by atoms with van der Waals surface area (Å²) in [4.78, 5) is 17.0. The Morgan fingerprint density at radius 3 is 2.47 bits per heavy atom. The molecule has 1 unspecified atom stereocenters. The van der Waals surface area contributed by atoms with E-state index in [0.717, 1.165) is 44.7 Å². The van der Waals surface area contributed by atoms with E-state index in [1.807, 2.05) is 11.0 Å². The number of amides is 2. The van der Waals surface area contributed by atoms with Crippen LogP contribution in [0.3, 0.4) is 0 Å². The molecule has 4 nitrogen and oxygen atoms in total. The smallest absolute Gasteiger partial charge is 0.321 e. The lowest BCUT2D eigenvalue weighted by molar-refractivity contribution is 0.164. The molecular weight excluding hydrogens is 442 g/mol. The number of carbonyl (C=O) groups excluding carboxylic acids is 1. The number of nitrogens with one attached hydrogen (secondary N) is 1. The number of carbonyl (C=O) groups is 1. The van der Waals surface area contributed by atoms with E-state index in [-0.39, 0.29) is 11.4 Å². The molecule has 0 spiro atoms. The maximum Gasteiger partial charge on any atom is 0.321 e. The first-order valence-corrected chi connectivity index (χ1v) is 13.2. The van der Waals surface area contributed by atoms with Gasteiger partial charge in [-0.3, -0.25) is 0 Å². The van der Waals surface area contributed by atoms with E-state index in [0.29, 0.717) is 5.92 Å². The minimum absolute atomic E-state index is 0.00666. The molecule has 184 valence electrons. The average molecular weight is 478 g/mol. The zero-order chi connectivity index (χ0) is 24.9. The molecule has 1 aliphatic heterocycles. The van der Waals surface area contributed by atoms with Crippen molar-refractivity contribution in [1.82, 2.24) is 9.80 Å². The fraction of sp³-hybridized carbons (Fsp3) is 0.344. The molecule has 36 heavy (non-hydrogen) atoms. The molecule has 0 saturated carbocycles. The SMILES string of the molecule is CN1CCN(C(=O)Nc2cccc(C3Cc4ccc5c(ccc6ccccc65)c4CC3(C)C)c2)CC1. The van der Waals surface area contributed by atoms with E-state index in [9.17, 15) is 4.79 Å². The number of anilines is 1. The predicted octanol–water partition coefficient (Wildman–Crippen LogP) is 6.68. The van der Waals surface area contributed by atoms with Gasteiger partial charge in [0.15, 0.2) is 0 Å². The van der Waals surface area contributed by atoms with E-state index in [1.54, 1.807) is 0 Å². The Morgan fingerprint density at radius 2 is 1.64 bits per heavy atom. The second-order valence-electron chi connectivity index (χ2n) is 11.4. The number of hydrogen-bond donors (Lipinski definition) is 1. The van der Waals surface area contributed by atoms with Gasteiger partial charge in [0.1, 0.15) is 0 Å². The summed E-state index contributed by atoms with van der Waals surface area (Å²) in [5.74, 6) is 0.392. The Morgan fingerprint density at radius 1 is 0.861 bits per heavy atom. The molecule has 1 fully saturated rings. The lowest BCUT2D eigenvalue weighted by Crippen LogP contribution is -2.48. The topological polar surface area (TPSA) is 35.6 Å². The van der Waals surface area contributed by atoms with Gasteiger partial charge in [-0.25, -0.2) is 4.79 Å². The maximum atomic E-state index is 12.9. The van der Waals surface area contributed by atoms with Gasteiger partial charge < -0.3 is 15.1 Å². The first kappa shape index (κ1) is 23.1. The summed E-state index contributed by atoms with van der Waals surface area (Å²) >= 11 is 0. The maximum absolute atomic E-state index is 12.9. The van der Waals surface area contributed by atoms with Crippen molar-refractivity contribution in [2.24, 2.45) is 5.41 Å². The second kappa shape index (κ2) is 8.94. The number of likely N-dealkylation sites (N-methyl/N-ethyl adjacent to an activating group) is 1. The molecule has 0 bridgehead atoms. The van der Waals surface area contributed by atoms with E-state index >= 15 is 0 Å². The van der Waals surface area contributed by atoms with Gasteiger partial charge in [0.05, 0.1) is 0 Å². The number of rotatable bonds is 2. The van der Waals surface area contributed by atoms with Crippen LogP contribution in [0, 0.1) is 5.41 Å². The summed E-state index contributed by atoms with van der Waals surface area (Å²) in [6.45, 7) is 8.20. The molecule has 1 saturated heterocycles. The number of benzene rings is 4. The summed E-state index contributed by atoms with van der Waals surface area (Å²) < 4.78 is 0. The standard InChI is InChI=1S/C32H35N3O/c1-32(2)21-29-23(12-14-27-26-10-5-4-7-22(26)11-13-28(27)29)20-30(32)24-8-6-9-25(19-24)33-31(36)35-17-15-34(3)16-18-35/h4-14,19,30H,15-18,20-21H2,1-3H3,(H,33,36). The monoisotopic (exact) mass is 477 g/mol. The van der Waals surface area contributed by atoms with Crippen molar-refractivity contribution in [3.8, 4) is 0 Å². The third-order valence-corrected chi connectivity index (χ3v) is 8.47. The first-order chi connectivity index (χ1) is 17.4. The number of urea groups is 1. The number of fused-ring (bicyclic) bond motifs is 5. The van der Waals surface area contributed by atoms with Gasteiger partial charge in [-0.1, -0.05) is 74.5 Å². The minimum atomic E-state index is 0.00666. The average Bonchev–Trinajstić information content (AvgIpc) is 2.88. The van der Waals surface area contributed by atoms with Crippen LogP contribution in [0.1, 0.15) is 36.5 Å². The Balaban J connectivity index is 1.29. The van der Waals surface area contributed by atoms with Gasteiger partial charge in [-0.2, -0.15) is 0 Å². The van der Waals surface area contributed by atoms with Crippen LogP contribution in [0.15, 0.2) is 72.8 Å². The molecule has 0 aromatic heterocycles. The lowest BCUT2D eigenvalue weighted by atomic mass is 9.63. The Bertz CT molecular complexity index is 1450. The molecule has 2 aliphatic rings. The minimum Gasteiger partial charge on any atom is -0.322 e. The van der Waals surface area contributed by atoms with E-state index in [2.05, 4.69) is 97.8 Å². The second-order valence-corrected chi connectivity index (χ2v) is 11.4. The molecule has 1 heterocycles. The van der Waals surface area contributed by atoms with E-state index < -0.39 is 0 Å². The summed E-state index contributed by atoms with van der Waals surface area (Å²) in [6.07, 6.45) is 2.06. The van der Waals surface area contributed by atoms with Gasteiger partial charge in [0.2, 0.25) is 0 Å². The van der Waals surface area contributed by atoms with Gasteiger partial charge >= 0.3 is 6.03 Å². The molecule has 1 aliphatic carbocycles. The molecule has 0 radical (unpaired) electrons. The van der Waals surface area contributed by atoms with Gasteiger partial charge in [-0.05, 0) is 81.6 Å². The molecule has 4 heteroatoms. The quantitative estimate of drug-likeness (QED) is 0.327. The van der Waals surface area contributed by atoms with Gasteiger partial charge in [-0.15, -0.1) is 0 Å². The van der Waals surface area contributed by atoms with Crippen LogP contribution in [-0.2, 0) is 12.8 Å². The molecule has 1 N–H and O–H groups in total. The summed E-state index contributed by atoms with van der Waals surface area (Å²) in [7, 11) is 2.10. The van der Waals surface area contributed by atoms with Crippen molar-refractivity contribution < 1.29 is 4.79 Å². The van der Waals surface area contributed by atoms with Crippen LogP contribution < -0.4 is 5.32 Å². The molecule has 1 atom stereocenters. The normalized spacial score (nSPS) is 19.9. The first-order valence-electron chi connectivity index (χ1n) is 13.2. The largest absolute Gasteiger partial charge is 0.322 e. The third kappa shape index (κ3) is 4.14. The van der Waals surface area contributed by atoms with Gasteiger partial charge in [0.25, 0.3) is 0 Å². The fourth-order valence-corrected chi connectivity index (χ4v) is 6.29. The zero-order valence-corrected chi connectivity index (χ0v) is 21.6. The van der Waals surface area contributed by atoms with Crippen LogP contribution in [0.4, 0.5) is 10.5 Å². The van der Waals surface area contributed by atoms with Crippen LogP contribution in [0.2, 0.25) is 0 Å². The Labute approximate surface area is 213 Å². The summed E-state index contributed by atoms with van der Waals surface area (Å²) in [5.41, 5.74) is 5.25. The highest BCUT2D eigenvalue weighted by molar-refractivity contribution is 6.08. The van der Waals surface area contributed by atoms with E-state index in [1.165, 1.54) is 38.2 Å². The van der Waals surface area contributed by atoms with Gasteiger partial charge in [0, 0.05) is 31.9 Å². The van der Waals surface area contributed by atoms with Crippen LogP contribution in [0.5, 0.6) is 0 Å². The van der Waals surface area contributed by atoms with Crippen molar-refractivity contribution in [2.45, 2.75) is 32.6 Å².